The highest BCUT2D eigenvalue weighted by molar-refractivity contribution is 5.92. The number of anilines is 1. The number of terminal acetylenes is 1. The van der Waals surface area contributed by atoms with E-state index < -0.39 is 11.5 Å². The zero-order chi connectivity index (χ0) is 13.2. The van der Waals surface area contributed by atoms with Gasteiger partial charge in [-0.25, -0.2) is 9.78 Å². The summed E-state index contributed by atoms with van der Waals surface area (Å²) >= 11 is 0. The summed E-state index contributed by atoms with van der Waals surface area (Å²) in [5, 5.41) is 0. The highest BCUT2D eigenvalue weighted by Gasteiger charge is 2.28. The van der Waals surface area contributed by atoms with Crippen LogP contribution in [0.2, 0.25) is 0 Å². The molecule has 0 aliphatic heterocycles. The van der Waals surface area contributed by atoms with Crippen molar-refractivity contribution in [2.45, 2.75) is 32.7 Å². The molecule has 0 saturated carbocycles. The van der Waals surface area contributed by atoms with Crippen molar-refractivity contribution >= 4 is 11.8 Å². The fraction of sp³-hybridized carbons (Fsp3) is 0.500. The molecule has 0 saturated heterocycles. The molecular weight excluding hydrogens is 218 g/mol. The van der Waals surface area contributed by atoms with E-state index >= 15 is 0 Å². The molecule has 5 heteroatoms. The third-order valence-electron chi connectivity index (χ3n) is 2.59. The molecule has 92 valence electrons. The fourth-order valence-electron chi connectivity index (χ4n) is 1.65. The van der Waals surface area contributed by atoms with Crippen molar-refractivity contribution in [3.8, 4) is 12.3 Å². The van der Waals surface area contributed by atoms with Gasteiger partial charge in [-0.1, -0.05) is 12.8 Å². The van der Waals surface area contributed by atoms with Crippen molar-refractivity contribution in [3.63, 3.8) is 0 Å². The lowest BCUT2D eigenvalue weighted by Gasteiger charge is -2.23. The molecule has 1 heterocycles. The molecule has 0 aromatic carbocycles. The van der Waals surface area contributed by atoms with Gasteiger partial charge in [-0.05, 0) is 13.8 Å². The summed E-state index contributed by atoms with van der Waals surface area (Å²) in [7, 11) is 1.29. The zero-order valence-electron chi connectivity index (χ0n) is 10.6. The minimum atomic E-state index is -0.630. The van der Waals surface area contributed by atoms with Crippen LogP contribution < -0.4 is 5.73 Å². The first-order valence-electron chi connectivity index (χ1n) is 5.32. The first-order valence-corrected chi connectivity index (χ1v) is 5.32. The van der Waals surface area contributed by atoms with Crippen molar-refractivity contribution in [1.29, 1.82) is 0 Å². The topological polar surface area (TPSA) is 70.1 Å². The smallest absolute Gasteiger partial charge is 0.360 e. The molecule has 1 rings (SSSR count). The van der Waals surface area contributed by atoms with Crippen molar-refractivity contribution in [2.75, 3.05) is 12.8 Å². The van der Waals surface area contributed by atoms with Crippen LogP contribution in [0.3, 0.4) is 0 Å². The first kappa shape index (κ1) is 13.1. The van der Waals surface area contributed by atoms with Crippen molar-refractivity contribution in [1.82, 2.24) is 9.55 Å². The highest BCUT2D eigenvalue weighted by Crippen LogP contribution is 2.25. The first-order chi connectivity index (χ1) is 7.88. The Hall–Kier alpha value is -1.96. The molecule has 5 nitrogen and oxygen atoms in total. The maximum atomic E-state index is 11.5. The predicted octanol–water partition coefficient (Wildman–Crippen LogP) is 1.18. The second kappa shape index (κ2) is 4.50. The molecule has 2 N–H and O–H groups in total. The average molecular weight is 235 g/mol. The molecule has 0 aliphatic carbocycles. The molecule has 1 aromatic rings. The molecule has 0 amide bonds. The third-order valence-corrected chi connectivity index (χ3v) is 2.59. The number of hydrogen-bond acceptors (Lipinski definition) is 4. The number of aryl methyl sites for hydroxylation is 1. The lowest BCUT2D eigenvalue weighted by molar-refractivity contribution is 0.0595. The molecule has 0 spiro atoms. The van der Waals surface area contributed by atoms with E-state index in [1.165, 1.54) is 7.11 Å². The van der Waals surface area contributed by atoms with Gasteiger partial charge in [-0.2, -0.15) is 0 Å². The van der Waals surface area contributed by atoms with Gasteiger partial charge in [0.15, 0.2) is 5.69 Å². The van der Waals surface area contributed by atoms with Gasteiger partial charge in [0, 0.05) is 6.42 Å². The number of carbonyl (C=O) groups is 1. The summed E-state index contributed by atoms with van der Waals surface area (Å²) in [5.74, 6) is 3.00. The van der Waals surface area contributed by atoms with E-state index in [9.17, 15) is 4.79 Å². The summed E-state index contributed by atoms with van der Waals surface area (Å²) in [4.78, 5) is 15.7. The van der Waals surface area contributed by atoms with E-state index in [-0.39, 0.29) is 11.5 Å². The van der Waals surface area contributed by atoms with Crippen LogP contribution in [-0.4, -0.2) is 22.6 Å². The molecule has 17 heavy (non-hydrogen) atoms. The normalized spacial score (nSPS) is 11.0. The van der Waals surface area contributed by atoms with Gasteiger partial charge in [0.05, 0.1) is 7.11 Å². The van der Waals surface area contributed by atoms with E-state index in [0.29, 0.717) is 12.2 Å². The Morgan fingerprint density at radius 1 is 1.65 bits per heavy atom. The molecule has 0 aliphatic rings. The lowest BCUT2D eigenvalue weighted by Crippen LogP contribution is -2.27. The van der Waals surface area contributed by atoms with Crippen LogP contribution >= 0.6 is 0 Å². The second-order valence-electron chi connectivity index (χ2n) is 4.15. The van der Waals surface area contributed by atoms with E-state index in [1.54, 1.807) is 4.57 Å². The van der Waals surface area contributed by atoms with Gasteiger partial charge in [-0.15, -0.1) is 6.42 Å². The average Bonchev–Trinajstić information content (AvgIpc) is 2.65. The molecule has 1 aromatic heterocycles. The maximum Gasteiger partial charge on any atom is 0.360 e. The zero-order valence-corrected chi connectivity index (χ0v) is 10.6. The summed E-state index contributed by atoms with van der Waals surface area (Å²) in [5.41, 5.74) is 5.41. The highest BCUT2D eigenvalue weighted by atomic mass is 16.5. The molecule has 0 atom stereocenters. The van der Waals surface area contributed by atoms with Gasteiger partial charge >= 0.3 is 5.97 Å². The molecule has 0 unspecified atom stereocenters. The van der Waals surface area contributed by atoms with Crippen LogP contribution in [0.5, 0.6) is 0 Å². The number of nitrogen functional groups attached to an aromatic ring is 1. The Morgan fingerprint density at radius 3 is 2.65 bits per heavy atom. The monoisotopic (exact) mass is 235 g/mol. The number of ether oxygens (including phenoxy) is 1. The third kappa shape index (κ3) is 2.11. The number of hydrogen-bond donors (Lipinski definition) is 1. The Labute approximate surface area is 101 Å². The number of methoxy groups -OCH3 is 1. The van der Waals surface area contributed by atoms with Gasteiger partial charge < -0.3 is 10.5 Å². The van der Waals surface area contributed by atoms with Crippen LogP contribution in [-0.2, 0) is 16.7 Å². The van der Waals surface area contributed by atoms with Crippen molar-refractivity contribution in [3.05, 3.63) is 11.5 Å². The van der Waals surface area contributed by atoms with E-state index in [0.717, 1.165) is 0 Å². The Morgan fingerprint density at radius 2 is 2.24 bits per heavy atom. The minimum Gasteiger partial charge on any atom is -0.464 e. The molecule has 0 bridgehead atoms. The Kier molecular flexibility index (Phi) is 3.47. The SMILES string of the molecule is C#CC(C)(C)n1c(CC)nc(C(=O)OC)c1N. The number of imidazole rings is 1. The fourth-order valence-corrected chi connectivity index (χ4v) is 1.65. The van der Waals surface area contributed by atoms with Crippen LogP contribution in [0.1, 0.15) is 37.1 Å². The van der Waals surface area contributed by atoms with Gasteiger partial charge in [0.2, 0.25) is 0 Å². The Bertz CT molecular complexity index is 481. The standard InChI is InChI=1S/C12H17N3O2/c1-6-8-14-9(11(16)17-5)10(13)15(8)12(3,4)7-2/h2H,6,13H2,1,3-5H3. The van der Waals surface area contributed by atoms with Gasteiger partial charge in [-0.3, -0.25) is 4.57 Å². The quantitative estimate of drug-likeness (QED) is 0.631. The number of carbonyl (C=O) groups excluding carboxylic acids is 1. The summed E-state index contributed by atoms with van der Waals surface area (Å²) in [6.45, 7) is 5.60. The van der Waals surface area contributed by atoms with Crippen molar-refractivity contribution < 1.29 is 9.53 Å². The number of nitrogens with zero attached hydrogens (tertiary/aromatic N) is 2. The van der Waals surface area contributed by atoms with Crippen LogP contribution in [0.4, 0.5) is 5.82 Å². The summed E-state index contributed by atoms with van der Waals surface area (Å²) < 4.78 is 6.32. The van der Waals surface area contributed by atoms with E-state index in [2.05, 4.69) is 15.6 Å². The van der Waals surface area contributed by atoms with Crippen LogP contribution in [0.25, 0.3) is 0 Å². The number of rotatable bonds is 3. The van der Waals surface area contributed by atoms with Crippen molar-refractivity contribution in [2.24, 2.45) is 0 Å². The van der Waals surface area contributed by atoms with Crippen LogP contribution in [0.15, 0.2) is 0 Å². The maximum absolute atomic E-state index is 11.5. The molecule has 0 fully saturated rings. The minimum absolute atomic E-state index is 0.118. The van der Waals surface area contributed by atoms with Crippen LogP contribution in [0, 0.1) is 12.3 Å². The predicted molar refractivity (Wildman–Crippen MR) is 65.5 cm³/mol. The van der Waals surface area contributed by atoms with Gasteiger partial charge in [0.1, 0.15) is 17.2 Å². The lowest BCUT2D eigenvalue weighted by atomic mass is 10.1. The van der Waals surface area contributed by atoms with Gasteiger partial charge in [0.25, 0.3) is 0 Å². The van der Waals surface area contributed by atoms with E-state index in [4.69, 9.17) is 12.2 Å². The summed E-state index contributed by atoms with van der Waals surface area (Å²) in [6, 6.07) is 0. The molecular formula is C12H17N3O2. The second-order valence-corrected chi connectivity index (χ2v) is 4.15. The number of aromatic nitrogens is 2. The number of esters is 1. The summed E-state index contributed by atoms with van der Waals surface area (Å²) in [6.07, 6.45) is 6.11. The Balaban J connectivity index is 3.46. The largest absolute Gasteiger partial charge is 0.464 e. The number of nitrogens with two attached hydrogens (primary N) is 1. The molecule has 0 radical (unpaired) electrons. The van der Waals surface area contributed by atoms with E-state index in [1.807, 2.05) is 20.8 Å².